The van der Waals surface area contributed by atoms with Gasteiger partial charge in [-0.15, -0.1) is 0 Å². The lowest BCUT2D eigenvalue weighted by atomic mass is 10.2. The minimum absolute atomic E-state index is 0.260. The van der Waals surface area contributed by atoms with Gasteiger partial charge in [0.2, 0.25) is 0 Å². The smallest absolute Gasteiger partial charge is 0.145 e. The second-order valence-corrected chi connectivity index (χ2v) is 5.62. The SMILES string of the molecule is Oc1ccccc1-c1nc2cc(Cl)ccc2n1C1CC1. The predicted molar refractivity (Wildman–Crippen MR) is 80.1 cm³/mol. The van der Waals surface area contributed by atoms with Crippen LogP contribution in [0.2, 0.25) is 5.02 Å². The van der Waals surface area contributed by atoms with Gasteiger partial charge in [0.15, 0.2) is 0 Å². The summed E-state index contributed by atoms with van der Waals surface area (Å²) in [5.41, 5.74) is 2.73. The first-order valence-electron chi connectivity index (χ1n) is 6.70. The molecule has 1 aliphatic rings. The summed E-state index contributed by atoms with van der Waals surface area (Å²) < 4.78 is 2.22. The van der Waals surface area contributed by atoms with Crippen molar-refractivity contribution in [2.45, 2.75) is 18.9 Å². The van der Waals surface area contributed by atoms with Gasteiger partial charge in [0, 0.05) is 11.1 Å². The maximum atomic E-state index is 10.1. The van der Waals surface area contributed by atoms with Gasteiger partial charge >= 0.3 is 0 Å². The van der Waals surface area contributed by atoms with Crippen molar-refractivity contribution in [1.29, 1.82) is 0 Å². The third-order valence-corrected chi connectivity index (χ3v) is 3.94. The molecule has 1 aromatic heterocycles. The van der Waals surface area contributed by atoms with E-state index in [2.05, 4.69) is 9.55 Å². The molecular weight excluding hydrogens is 272 g/mol. The molecule has 20 heavy (non-hydrogen) atoms. The molecule has 0 bridgehead atoms. The fraction of sp³-hybridized carbons (Fsp3) is 0.188. The number of phenols is 1. The lowest BCUT2D eigenvalue weighted by Gasteiger charge is -2.08. The molecule has 2 aromatic carbocycles. The topological polar surface area (TPSA) is 38.1 Å². The normalized spacial score (nSPS) is 14.8. The summed E-state index contributed by atoms with van der Waals surface area (Å²) in [5, 5.41) is 10.8. The van der Waals surface area contributed by atoms with E-state index >= 15 is 0 Å². The third kappa shape index (κ3) is 1.78. The van der Waals surface area contributed by atoms with Crippen LogP contribution in [-0.4, -0.2) is 14.7 Å². The molecule has 1 fully saturated rings. The van der Waals surface area contributed by atoms with Crippen molar-refractivity contribution in [2.24, 2.45) is 0 Å². The molecule has 0 radical (unpaired) electrons. The Morgan fingerprint density at radius 1 is 1.15 bits per heavy atom. The third-order valence-electron chi connectivity index (χ3n) is 3.71. The van der Waals surface area contributed by atoms with Crippen LogP contribution in [0.1, 0.15) is 18.9 Å². The van der Waals surface area contributed by atoms with E-state index in [1.807, 2.05) is 36.4 Å². The maximum Gasteiger partial charge on any atom is 0.145 e. The van der Waals surface area contributed by atoms with Gasteiger partial charge in [-0.2, -0.15) is 0 Å². The van der Waals surface area contributed by atoms with Crippen LogP contribution in [0.25, 0.3) is 22.4 Å². The van der Waals surface area contributed by atoms with Crippen molar-refractivity contribution < 1.29 is 5.11 Å². The van der Waals surface area contributed by atoms with Gasteiger partial charge in [-0.3, -0.25) is 0 Å². The first-order chi connectivity index (χ1) is 9.74. The molecule has 3 nitrogen and oxygen atoms in total. The summed E-state index contributed by atoms with van der Waals surface area (Å²) in [5.74, 6) is 1.08. The van der Waals surface area contributed by atoms with E-state index in [0.717, 1.165) is 35.3 Å². The van der Waals surface area contributed by atoms with Crippen LogP contribution >= 0.6 is 11.6 Å². The minimum Gasteiger partial charge on any atom is -0.507 e. The molecule has 4 heteroatoms. The summed E-state index contributed by atoms with van der Waals surface area (Å²) in [6.07, 6.45) is 2.32. The molecule has 4 rings (SSSR count). The summed E-state index contributed by atoms with van der Waals surface area (Å²) in [4.78, 5) is 4.68. The largest absolute Gasteiger partial charge is 0.507 e. The lowest BCUT2D eigenvalue weighted by molar-refractivity contribution is 0.476. The van der Waals surface area contributed by atoms with Gasteiger partial charge in [-0.25, -0.2) is 4.98 Å². The molecule has 1 saturated carbocycles. The zero-order valence-electron chi connectivity index (χ0n) is 10.8. The van der Waals surface area contributed by atoms with Crippen molar-refractivity contribution in [3.05, 3.63) is 47.5 Å². The Labute approximate surface area is 121 Å². The van der Waals surface area contributed by atoms with Gasteiger partial charge in [0.1, 0.15) is 11.6 Å². The Kier molecular flexibility index (Phi) is 2.51. The zero-order chi connectivity index (χ0) is 13.7. The highest BCUT2D eigenvalue weighted by Crippen LogP contribution is 2.42. The minimum atomic E-state index is 0.260. The van der Waals surface area contributed by atoms with Crippen molar-refractivity contribution >= 4 is 22.6 Å². The van der Waals surface area contributed by atoms with Crippen LogP contribution in [0.5, 0.6) is 5.75 Å². The van der Waals surface area contributed by atoms with Crippen molar-refractivity contribution in [3.8, 4) is 17.1 Å². The van der Waals surface area contributed by atoms with E-state index in [9.17, 15) is 5.11 Å². The standard InChI is InChI=1S/C16H13ClN2O/c17-10-5-8-14-13(9-10)18-16(19(14)11-6-7-11)12-3-1-2-4-15(12)20/h1-5,8-9,11,20H,6-7H2. The monoisotopic (exact) mass is 284 g/mol. The van der Waals surface area contributed by atoms with E-state index < -0.39 is 0 Å². The number of aromatic hydroxyl groups is 1. The Bertz CT molecular complexity index is 805. The van der Waals surface area contributed by atoms with Crippen LogP contribution in [0.3, 0.4) is 0 Å². The van der Waals surface area contributed by atoms with E-state index in [0.29, 0.717) is 11.1 Å². The molecule has 0 spiro atoms. The van der Waals surface area contributed by atoms with Gasteiger partial charge in [0.25, 0.3) is 0 Å². The van der Waals surface area contributed by atoms with Crippen molar-refractivity contribution in [2.75, 3.05) is 0 Å². The van der Waals surface area contributed by atoms with E-state index in [1.165, 1.54) is 0 Å². The number of phenolic OH excluding ortho intramolecular Hbond substituents is 1. The van der Waals surface area contributed by atoms with Crippen LogP contribution in [-0.2, 0) is 0 Å². The highest BCUT2D eigenvalue weighted by Gasteiger charge is 2.29. The van der Waals surface area contributed by atoms with Crippen molar-refractivity contribution in [3.63, 3.8) is 0 Å². The molecule has 100 valence electrons. The van der Waals surface area contributed by atoms with Crippen LogP contribution in [0.15, 0.2) is 42.5 Å². The van der Waals surface area contributed by atoms with E-state index in [1.54, 1.807) is 6.07 Å². The van der Waals surface area contributed by atoms with Crippen molar-refractivity contribution in [1.82, 2.24) is 9.55 Å². The fourth-order valence-corrected chi connectivity index (χ4v) is 2.79. The fourth-order valence-electron chi connectivity index (χ4n) is 2.63. The molecule has 0 aliphatic heterocycles. The van der Waals surface area contributed by atoms with E-state index in [-0.39, 0.29) is 5.75 Å². The first-order valence-corrected chi connectivity index (χ1v) is 7.08. The van der Waals surface area contributed by atoms with Gasteiger partial charge in [0.05, 0.1) is 16.6 Å². The molecule has 0 amide bonds. The molecule has 0 unspecified atom stereocenters. The Morgan fingerprint density at radius 3 is 2.70 bits per heavy atom. The number of rotatable bonds is 2. The summed E-state index contributed by atoms with van der Waals surface area (Å²) in [7, 11) is 0. The number of halogens is 1. The molecule has 0 saturated heterocycles. The van der Waals surface area contributed by atoms with Gasteiger partial charge in [-0.1, -0.05) is 23.7 Å². The predicted octanol–water partition coefficient (Wildman–Crippen LogP) is 4.40. The Hall–Kier alpha value is -2.00. The Balaban J connectivity index is 2.03. The number of fused-ring (bicyclic) bond motifs is 1. The average molecular weight is 285 g/mol. The number of nitrogens with zero attached hydrogens (tertiary/aromatic N) is 2. The highest BCUT2D eigenvalue weighted by molar-refractivity contribution is 6.31. The molecule has 3 aromatic rings. The molecule has 1 N–H and O–H groups in total. The highest BCUT2D eigenvalue weighted by atomic mass is 35.5. The van der Waals surface area contributed by atoms with Crippen LogP contribution in [0.4, 0.5) is 0 Å². The summed E-state index contributed by atoms with van der Waals surface area (Å²) in [6, 6.07) is 13.6. The number of imidazole rings is 1. The zero-order valence-corrected chi connectivity index (χ0v) is 11.5. The van der Waals surface area contributed by atoms with Crippen LogP contribution in [0, 0.1) is 0 Å². The summed E-state index contributed by atoms with van der Waals surface area (Å²) in [6.45, 7) is 0. The maximum absolute atomic E-state index is 10.1. The molecular formula is C16H13ClN2O. The molecule has 0 atom stereocenters. The second-order valence-electron chi connectivity index (χ2n) is 5.19. The lowest BCUT2D eigenvalue weighted by Crippen LogP contribution is -1.97. The average Bonchev–Trinajstić information content (AvgIpc) is 3.20. The van der Waals surface area contributed by atoms with E-state index in [4.69, 9.17) is 11.6 Å². The molecule has 1 aliphatic carbocycles. The summed E-state index contributed by atoms with van der Waals surface area (Å²) >= 11 is 6.05. The number of para-hydroxylation sites is 1. The quantitative estimate of drug-likeness (QED) is 0.757. The number of hydrogen-bond donors (Lipinski definition) is 1. The number of aromatic nitrogens is 2. The Morgan fingerprint density at radius 2 is 1.95 bits per heavy atom. The number of benzene rings is 2. The van der Waals surface area contributed by atoms with Gasteiger partial charge in [-0.05, 0) is 43.2 Å². The first kappa shape index (κ1) is 11.8. The van der Waals surface area contributed by atoms with Crippen LogP contribution < -0.4 is 0 Å². The number of hydrogen-bond acceptors (Lipinski definition) is 2. The molecule has 1 heterocycles. The van der Waals surface area contributed by atoms with Gasteiger partial charge < -0.3 is 9.67 Å². The second kappa shape index (κ2) is 4.25.